The first-order chi connectivity index (χ1) is 13.2. The maximum Gasteiger partial charge on any atom is 0.222 e. The Morgan fingerprint density at radius 1 is 0.889 bits per heavy atom. The highest BCUT2D eigenvalue weighted by molar-refractivity contribution is 5.76. The number of amides is 1. The molecule has 150 valence electrons. The quantitative estimate of drug-likeness (QED) is 0.395. The van der Waals surface area contributed by atoms with Crippen LogP contribution in [-0.2, 0) is 11.3 Å². The topological polar surface area (TPSA) is 40.6 Å². The normalized spacial score (nSPS) is 15.1. The second-order valence-electron chi connectivity index (χ2n) is 7.74. The molecule has 0 spiro atoms. The van der Waals surface area contributed by atoms with Crippen LogP contribution in [0, 0.1) is 0 Å². The molecule has 4 nitrogen and oxygen atoms in total. The Morgan fingerprint density at radius 3 is 2.07 bits per heavy atom. The van der Waals surface area contributed by atoms with Crippen molar-refractivity contribution in [3.63, 3.8) is 0 Å². The molecule has 2 rings (SSSR count). The van der Waals surface area contributed by atoms with Gasteiger partial charge in [-0.15, -0.1) is 0 Å². The molecule has 1 aromatic rings. The zero-order valence-corrected chi connectivity index (χ0v) is 17.0. The molecule has 1 fully saturated rings. The Hall–Kier alpha value is -1.68. The van der Waals surface area contributed by atoms with Gasteiger partial charge >= 0.3 is 0 Å². The first kappa shape index (κ1) is 21.6. The molecule has 0 atom stereocenters. The van der Waals surface area contributed by atoms with Crippen LogP contribution in [0.4, 0.5) is 0 Å². The summed E-state index contributed by atoms with van der Waals surface area (Å²) in [6.07, 6.45) is 11.8. The third kappa shape index (κ3) is 8.25. The van der Waals surface area contributed by atoms with Gasteiger partial charge in [0.15, 0.2) is 0 Å². The number of benzene rings is 1. The highest BCUT2D eigenvalue weighted by atomic mass is 16.2. The van der Waals surface area contributed by atoms with E-state index in [4.69, 9.17) is 0 Å². The lowest BCUT2D eigenvalue weighted by molar-refractivity contribution is -0.133. The Kier molecular flexibility index (Phi) is 10.1. The molecule has 0 radical (unpaired) electrons. The number of nitrogens with zero attached hydrogens (tertiary/aromatic N) is 2. The molecule has 1 saturated heterocycles. The monoisotopic (exact) mass is 372 g/mol. The minimum absolute atomic E-state index is 0.330. The summed E-state index contributed by atoms with van der Waals surface area (Å²) in [6, 6.07) is 7.77. The number of unbranched alkanes of at least 4 members (excludes halogenated alkanes) is 7. The average Bonchev–Trinajstić information content (AvgIpc) is 2.71. The van der Waals surface area contributed by atoms with Crippen LogP contribution < -0.4 is 0 Å². The zero-order valence-electron chi connectivity index (χ0n) is 17.0. The van der Waals surface area contributed by atoms with Gasteiger partial charge in [-0.05, 0) is 12.0 Å². The standard InChI is InChI=1S/C23H36N2O2/c1-2-3-4-5-6-7-8-9-10-23(27)25-17-15-24(16-18-25)19-21-11-13-22(20-26)14-12-21/h11-14,20H,2-10,15-19H2,1H3. The van der Waals surface area contributed by atoms with E-state index in [1.807, 2.05) is 29.2 Å². The molecule has 1 aliphatic heterocycles. The Morgan fingerprint density at radius 2 is 1.48 bits per heavy atom. The van der Waals surface area contributed by atoms with Crippen molar-refractivity contribution in [2.75, 3.05) is 26.2 Å². The van der Waals surface area contributed by atoms with Crippen molar-refractivity contribution in [1.29, 1.82) is 0 Å². The highest BCUT2D eigenvalue weighted by Gasteiger charge is 2.20. The van der Waals surface area contributed by atoms with Crippen LogP contribution in [0.2, 0.25) is 0 Å². The van der Waals surface area contributed by atoms with Crippen molar-refractivity contribution in [3.05, 3.63) is 35.4 Å². The van der Waals surface area contributed by atoms with E-state index in [-0.39, 0.29) is 0 Å². The SMILES string of the molecule is CCCCCCCCCCC(=O)N1CCN(Cc2ccc(C=O)cc2)CC1. The minimum Gasteiger partial charge on any atom is -0.340 e. The lowest BCUT2D eigenvalue weighted by Crippen LogP contribution is -2.48. The molecular weight excluding hydrogens is 336 g/mol. The van der Waals surface area contributed by atoms with Gasteiger partial charge in [-0.2, -0.15) is 0 Å². The second-order valence-corrected chi connectivity index (χ2v) is 7.74. The van der Waals surface area contributed by atoms with Gasteiger partial charge in [0.05, 0.1) is 0 Å². The molecule has 0 bridgehead atoms. The van der Waals surface area contributed by atoms with Crippen molar-refractivity contribution in [3.8, 4) is 0 Å². The van der Waals surface area contributed by atoms with Gasteiger partial charge < -0.3 is 4.90 Å². The molecule has 0 N–H and O–H groups in total. The Labute approximate surface area is 164 Å². The summed E-state index contributed by atoms with van der Waals surface area (Å²) in [6.45, 7) is 6.67. The lowest BCUT2D eigenvalue weighted by Gasteiger charge is -2.34. The minimum atomic E-state index is 0.330. The molecule has 0 aliphatic carbocycles. The van der Waals surface area contributed by atoms with Crippen LogP contribution in [-0.4, -0.2) is 48.2 Å². The summed E-state index contributed by atoms with van der Waals surface area (Å²) >= 11 is 0. The predicted octanol–water partition coefficient (Wildman–Crippen LogP) is 4.67. The number of hydrogen-bond donors (Lipinski definition) is 0. The fourth-order valence-corrected chi connectivity index (χ4v) is 3.68. The number of hydrogen-bond acceptors (Lipinski definition) is 3. The smallest absolute Gasteiger partial charge is 0.222 e. The van der Waals surface area contributed by atoms with Gasteiger partial charge in [0.1, 0.15) is 6.29 Å². The number of aldehydes is 1. The Balaban J connectivity index is 1.56. The maximum absolute atomic E-state index is 12.4. The van der Waals surface area contributed by atoms with Crippen molar-refractivity contribution in [1.82, 2.24) is 9.80 Å². The number of carbonyl (C=O) groups excluding carboxylic acids is 2. The van der Waals surface area contributed by atoms with Gasteiger partial charge in [-0.25, -0.2) is 0 Å². The van der Waals surface area contributed by atoms with Crippen LogP contribution in [0.25, 0.3) is 0 Å². The summed E-state index contributed by atoms with van der Waals surface area (Å²) in [7, 11) is 0. The lowest BCUT2D eigenvalue weighted by atomic mass is 10.1. The van der Waals surface area contributed by atoms with Crippen molar-refractivity contribution in [2.45, 2.75) is 71.3 Å². The molecule has 0 saturated carbocycles. The molecule has 1 amide bonds. The van der Waals surface area contributed by atoms with Gasteiger partial charge in [-0.1, -0.05) is 76.1 Å². The van der Waals surface area contributed by atoms with Gasteiger partial charge in [-0.3, -0.25) is 14.5 Å². The molecule has 1 aromatic carbocycles. The van der Waals surface area contributed by atoms with E-state index < -0.39 is 0 Å². The number of piperazine rings is 1. The zero-order chi connectivity index (χ0) is 19.3. The third-order valence-electron chi connectivity index (χ3n) is 5.49. The highest BCUT2D eigenvalue weighted by Crippen LogP contribution is 2.13. The molecular formula is C23H36N2O2. The predicted molar refractivity (Wildman–Crippen MR) is 111 cm³/mol. The fourth-order valence-electron chi connectivity index (χ4n) is 3.68. The van der Waals surface area contributed by atoms with E-state index >= 15 is 0 Å². The van der Waals surface area contributed by atoms with Gasteiger partial charge in [0, 0.05) is 44.7 Å². The molecule has 1 aliphatic rings. The van der Waals surface area contributed by atoms with E-state index in [2.05, 4.69) is 11.8 Å². The summed E-state index contributed by atoms with van der Waals surface area (Å²) < 4.78 is 0. The molecule has 0 unspecified atom stereocenters. The first-order valence-electron chi connectivity index (χ1n) is 10.8. The van der Waals surface area contributed by atoms with Crippen LogP contribution in [0.15, 0.2) is 24.3 Å². The molecule has 0 aromatic heterocycles. The molecule has 27 heavy (non-hydrogen) atoms. The second kappa shape index (κ2) is 12.7. The van der Waals surface area contributed by atoms with E-state index in [0.717, 1.165) is 51.0 Å². The van der Waals surface area contributed by atoms with Crippen molar-refractivity contribution in [2.24, 2.45) is 0 Å². The summed E-state index contributed by atoms with van der Waals surface area (Å²) in [5.74, 6) is 0.330. The maximum atomic E-state index is 12.4. The largest absolute Gasteiger partial charge is 0.340 e. The van der Waals surface area contributed by atoms with Crippen LogP contribution in [0.1, 0.15) is 80.6 Å². The van der Waals surface area contributed by atoms with Crippen molar-refractivity contribution < 1.29 is 9.59 Å². The summed E-state index contributed by atoms with van der Waals surface area (Å²) in [5.41, 5.74) is 1.94. The first-order valence-corrected chi connectivity index (χ1v) is 10.8. The van der Waals surface area contributed by atoms with Crippen molar-refractivity contribution >= 4 is 12.2 Å². The third-order valence-corrected chi connectivity index (χ3v) is 5.49. The average molecular weight is 373 g/mol. The summed E-state index contributed by atoms with van der Waals surface area (Å²) in [4.78, 5) is 27.5. The number of rotatable bonds is 12. The van der Waals surface area contributed by atoms with Crippen LogP contribution >= 0.6 is 0 Å². The molecule has 4 heteroatoms. The van der Waals surface area contributed by atoms with E-state index in [0.29, 0.717) is 12.3 Å². The Bertz CT molecular complexity index is 548. The van der Waals surface area contributed by atoms with Gasteiger partial charge in [0.2, 0.25) is 5.91 Å². The fraction of sp³-hybridized carbons (Fsp3) is 0.652. The van der Waals surface area contributed by atoms with Crippen LogP contribution in [0.3, 0.4) is 0 Å². The molecule has 1 heterocycles. The van der Waals surface area contributed by atoms with Crippen LogP contribution in [0.5, 0.6) is 0 Å². The van der Waals surface area contributed by atoms with E-state index in [9.17, 15) is 9.59 Å². The van der Waals surface area contributed by atoms with Gasteiger partial charge in [0.25, 0.3) is 0 Å². The van der Waals surface area contributed by atoms with E-state index in [1.54, 1.807) is 0 Å². The number of carbonyl (C=O) groups is 2. The summed E-state index contributed by atoms with van der Waals surface area (Å²) in [5, 5.41) is 0. The van der Waals surface area contributed by atoms with E-state index in [1.165, 1.54) is 50.5 Å².